The minimum atomic E-state index is -2.11. The first kappa shape index (κ1) is 41.4. The lowest BCUT2D eigenvalue weighted by Crippen LogP contribution is -2.49. The first-order chi connectivity index (χ1) is 22.6. The Balaban J connectivity index is 1.93. The highest BCUT2D eigenvalue weighted by atomic mass is 28.4. The van der Waals surface area contributed by atoms with E-state index in [9.17, 15) is 9.59 Å². The van der Waals surface area contributed by atoms with Gasteiger partial charge in [-0.25, -0.2) is 0 Å². The summed E-state index contributed by atoms with van der Waals surface area (Å²) in [6, 6.07) is 0. The normalized spacial score (nSPS) is 28.2. The van der Waals surface area contributed by atoms with Crippen LogP contribution in [0.3, 0.4) is 0 Å². The van der Waals surface area contributed by atoms with E-state index in [0.717, 1.165) is 19.3 Å². The molecule has 0 bridgehead atoms. The summed E-state index contributed by atoms with van der Waals surface area (Å²) in [5, 5.41) is 0.112. The molecule has 0 unspecified atom stereocenters. The van der Waals surface area contributed by atoms with E-state index in [1.54, 1.807) is 18.2 Å². The summed E-state index contributed by atoms with van der Waals surface area (Å²) < 4.78 is 26.3. The molecule has 276 valence electrons. The molecule has 0 N–H and O–H groups in total. The van der Waals surface area contributed by atoms with Gasteiger partial charge < -0.3 is 18.3 Å². The quantitative estimate of drug-likeness (QED) is 0.0956. The van der Waals surface area contributed by atoms with E-state index in [0.29, 0.717) is 32.1 Å². The van der Waals surface area contributed by atoms with Crippen LogP contribution < -0.4 is 0 Å². The third-order valence-electron chi connectivity index (χ3n) is 12.2. The number of fused-ring (bicyclic) bond motifs is 1. The van der Waals surface area contributed by atoms with Gasteiger partial charge in [0.25, 0.3) is 0 Å². The van der Waals surface area contributed by atoms with Crippen molar-refractivity contribution in [3.63, 3.8) is 0 Å². The van der Waals surface area contributed by atoms with E-state index < -0.39 is 22.0 Å². The summed E-state index contributed by atoms with van der Waals surface area (Å²) in [4.78, 5) is 27.1. The Morgan fingerprint density at radius 3 is 1.98 bits per heavy atom. The number of cyclic esters (lactones) is 1. The molecule has 1 fully saturated rings. The van der Waals surface area contributed by atoms with Crippen LogP contribution in [0.5, 0.6) is 0 Å². The second kappa shape index (κ2) is 16.1. The van der Waals surface area contributed by atoms with Crippen molar-refractivity contribution in [3.8, 4) is 0 Å². The predicted molar refractivity (Wildman–Crippen MR) is 207 cm³/mol. The molecule has 1 saturated heterocycles. The van der Waals surface area contributed by atoms with Crippen LogP contribution in [0, 0.1) is 23.2 Å². The van der Waals surface area contributed by atoms with Crippen molar-refractivity contribution in [1.29, 1.82) is 0 Å². The summed E-state index contributed by atoms with van der Waals surface area (Å²) in [5.74, 6) is 0.0816. The molecule has 0 saturated carbocycles. The van der Waals surface area contributed by atoms with Crippen molar-refractivity contribution in [2.45, 2.75) is 161 Å². The van der Waals surface area contributed by atoms with Gasteiger partial charge in [-0.2, -0.15) is 0 Å². The number of rotatable bonds is 15. The molecule has 1 heterocycles. The molecule has 49 heavy (non-hydrogen) atoms. The first-order valence-electron chi connectivity index (χ1n) is 18.6. The zero-order chi connectivity index (χ0) is 37.0. The number of carbonyl (C=O) groups is 2. The zero-order valence-corrected chi connectivity index (χ0v) is 34.7. The standard InChI is InChI=1S/C41H68O6Si2/c1-15-22-41(23-16-2,24-17-3)38(43)45-35-27-32(46-48(11,12)39(5,6)7)25-30-19-18-29(4)34(37(30)35)21-20-31-26-33(28-36(42)44-31)47-49(13,14)40(8,9)10/h15-19,25,29,31-35,37H,1-3,20-24,26-28H2,4-14H3/t29-,31+,32+,33+,34-,35-,37-/m0/s1. The minimum Gasteiger partial charge on any atom is -0.462 e. The number of hydrogen-bond donors (Lipinski definition) is 0. The fraction of sp³-hybridized carbons (Fsp3) is 0.707. The second-order valence-corrected chi connectivity index (χ2v) is 27.6. The maximum absolute atomic E-state index is 14.3. The lowest BCUT2D eigenvalue weighted by Gasteiger charge is -2.47. The average molecular weight is 713 g/mol. The molecule has 3 rings (SSSR count). The van der Waals surface area contributed by atoms with Gasteiger partial charge in [0, 0.05) is 18.8 Å². The van der Waals surface area contributed by atoms with Crippen LogP contribution in [0.2, 0.25) is 36.3 Å². The Morgan fingerprint density at radius 1 is 0.898 bits per heavy atom. The molecule has 0 amide bonds. The molecule has 0 radical (unpaired) electrons. The summed E-state index contributed by atoms with van der Waals surface area (Å²) in [7, 11) is -4.15. The number of ether oxygens (including phenoxy) is 2. The zero-order valence-electron chi connectivity index (χ0n) is 32.7. The van der Waals surface area contributed by atoms with Crippen molar-refractivity contribution in [2.75, 3.05) is 0 Å². The van der Waals surface area contributed by atoms with Crippen LogP contribution >= 0.6 is 0 Å². The van der Waals surface area contributed by atoms with E-state index in [1.807, 2.05) is 0 Å². The molecule has 8 heteroatoms. The van der Waals surface area contributed by atoms with E-state index in [2.05, 4.69) is 113 Å². The molecule has 2 aliphatic carbocycles. The Hall–Kier alpha value is -2.01. The lowest BCUT2D eigenvalue weighted by atomic mass is 9.66. The topological polar surface area (TPSA) is 71.1 Å². The first-order valence-corrected chi connectivity index (χ1v) is 24.4. The SMILES string of the molecule is C=CCC(CC=C)(CC=C)C(=O)O[C@H]1C[C@H](O[Si](C)(C)C(C)(C)C)C=C2C=C[C@H](C)[C@H](CC[C@@H]3C[C@@H](O[Si](C)(C)C(C)(C)C)CC(=O)O3)[C@H]21. The van der Waals surface area contributed by atoms with Crippen molar-refractivity contribution < 1.29 is 27.9 Å². The fourth-order valence-electron chi connectivity index (χ4n) is 7.28. The van der Waals surface area contributed by atoms with Gasteiger partial charge in [0.2, 0.25) is 0 Å². The summed E-state index contributed by atoms with van der Waals surface area (Å²) >= 11 is 0. The maximum Gasteiger partial charge on any atom is 0.313 e. The fourth-order valence-corrected chi connectivity index (χ4v) is 9.92. The Labute approximate surface area is 301 Å². The van der Waals surface area contributed by atoms with E-state index in [-0.39, 0.29) is 64.2 Å². The smallest absolute Gasteiger partial charge is 0.313 e. The molecule has 0 aromatic rings. The molecule has 0 spiro atoms. The maximum atomic E-state index is 14.3. The third-order valence-corrected chi connectivity index (χ3v) is 21.3. The van der Waals surface area contributed by atoms with Crippen LogP contribution in [0.4, 0.5) is 0 Å². The van der Waals surface area contributed by atoms with Gasteiger partial charge in [0.05, 0.1) is 24.0 Å². The molecule has 0 aromatic heterocycles. The van der Waals surface area contributed by atoms with Gasteiger partial charge >= 0.3 is 11.9 Å². The van der Waals surface area contributed by atoms with E-state index >= 15 is 0 Å². The summed E-state index contributed by atoms with van der Waals surface area (Å²) in [5.41, 5.74) is 0.390. The molecular weight excluding hydrogens is 645 g/mol. The summed E-state index contributed by atoms with van der Waals surface area (Å²) in [6.45, 7) is 36.6. The van der Waals surface area contributed by atoms with Crippen molar-refractivity contribution >= 4 is 28.6 Å². The van der Waals surface area contributed by atoms with E-state index in [1.165, 1.54) is 5.57 Å². The highest BCUT2D eigenvalue weighted by molar-refractivity contribution is 6.74. The van der Waals surface area contributed by atoms with E-state index in [4.69, 9.17) is 18.3 Å². The highest BCUT2D eigenvalue weighted by Gasteiger charge is 2.48. The number of allylic oxidation sites excluding steroid dienone is 5. The lowest BCUT2D eigenvalue weighted by molar-refractivity contribution is -0.167. The Kier molecular flexibility index (Phi) is 13.6. The molecule has 1 aliphatic heterocycles. The molecule has 7 atom stereocenters. The van der Waals surface area contributed by atoms with Crippen LogP contribution in [-0.4, -0.2) is 53.0 Å². The van der Waals surface area contributed by atoms with Crippen molar-refractivity contribution in [2.24, 2.45) is 23.2 Å². The number of carbonyl (C=O) groups excluding carboxylic acids is 2. The van der Waals surface area contributed by atoms with Gasteiger partial charge in [-0.3, -0.25) is 9.59 Å². The highest BCUT2D eigenvalue weighted by Crippen LogP contribution is 2.48. The number of hydrogen-bond acceptors (Lipinski definition) is 6. The van der Waals surface area contributed by atoms with Gasteiger partial charge in [-0.15, -0.1) is 19.7 Å². The largest absolute Gasteiger partial charge is 0.462 e. The molecule has 0 aromatic carbocycles. The Morgan fingerprint density at radius 2 is 1.45 bits per heavy atom. The van der Waals surface area contributed by atoms with Crippen LogP contribution in [-0.2, 0) is 27.9 Å². The van der Waals surface area contributed by atoms with Crippen LogP contribution in [0.15, 0.2) is 61.8 Å². The second-order valence-electron chi connectivity index (χ2n) is 18.1. The van der Waals surface area contributed by atoms with Gasteiger partial charge in [0.15, 0.2) is 16.6 Å². The summed E-state index contributed by atoms with van der Waals surface area (Å²) in [6.07, 6.45) is 16.1. The monoisotopic (exact) mass is 712 g/mol. The van der Waals surface area contributed by atoms with Crippen LogP contribution in [0.25, 0.3) is 0 Å². The third kappa shape index (κ3) is 10.1. The van der Waals surface area contributed by atoms with Gasteiger partial charge in [0.1, 0.15) is 12.2 Å². The molecule has 6 nitrogen and oxygen atoms in total. The van der Waals surface area contributed by atoms with Gasteiger partial charge in [-0.1, -0.05) is 84.9 Å². The molecule has 3 aliphatic rings. The van der Waals surface area contributed by atoms with Crippen LogP contribution in [0.1, 0.15) is 99.8 Å². The van der Waals surface area contributed by atoms with Gasteiger partial charge in [-0.05, 0) is 85.8 Å². The Bertz CT molecular complexity index is 1240. The predicted octanol–water partition coefficient (Wildman–Crippen LogP) is 10.6. The minimum absolute atomic E-state index is 0.00989. The average Bonchev–Trinajstić information content (AvgIpc) is 2.95. The number of esters is 2. The van der Waals surface area contributed by atoms with Crippen molar-refractivity contribution in [3.05, 3.63) is 61.8 Å². The molecular formula is C41H68O6Si2. The van der Waals surface area contributed by atoms with Crippen molar-refractivity contribution in [1.82, 2.24) is 0 Å².